The number of nitrogens with zero attached hydrogens (tertiary/aromatic N) is 4. The lowest BCUT2D eigenvalue weighted by atomic mass is 10.5. The maximum atomic E-state index is 11.6. The summed E-state index contributed by atoms with van der Waals surface area (Å²) in [6.07, 6.45) is 3.38. The molecule has 0 radical (unpaired) electrons. The van der Waals surface area contributed by atoms with Crippen molar-refractivity contribution in [1.29, 1.82) is 0 Å². The Kier molecular flexibility index (Phi) is 1.78. The lowest BCUT2D eigenvalue weighted by molar-refractivity contribution is 0.0543. The molecule has 3 heterocycles. The van der Waals surface area contributed by atoms with E-state index < -0.39 is 13.3 Å². The van der Waals surface area contributed by atoms with E-state index in [1.165, 1.54) is 13.4 Å². The predicted molar refractivity (Wildman–Crippen MR) is 57.2 cm³/mol. The lowest BCUT2D eigenvalue weighted by Crippen LogP contribution is -2.18. The van der Waals surface area contributed by atoms with Crippen molar-refractivity contribution in [2.24, 2.45) is 0 Å². The summed E-state index contributed by atoms with van der Waals surface area (Å²) in [5.41, 5.74) is 5.94. The van der Waals surface area contributed by atoms with Gasteiger partial charge in [0.2, 0.25) is 6.16 Å². The third-order valence-corrected chi connectivity index (χ3v) is 4.37. The maximum absolute atomic E-state index is 11.6. The average molecular weight is 238 g/mol. The molecule has 1 saturated heterocycles. The quantitative estimate of drug-likeness (QED) is 0.765. The fourth-order valence-electron chi connectivity index (χ4n) is 1.72. The normalized spacial score (nSPS) is 26.2. The monoisotopic (exact) mass is 238 g/mol. The van der Waals surface area contributed by atoms with Crippen molar-refractivity contribution in [3.8, 4) is 0 Å². The van der Waals surface area contributed by atoms with Gasteiger partial charge in [0.1, 0.15) is 18.2 Å². The Morgan fingerprint density at radius 2 is 2.31 bits per heavy atom. The number of ether oxygens (including phenoxy) is 1. The molecule has 0 aromatic carbocycles. The smallest absolute Gasteiger partial charge is 0.382 e. The van der Waals surface area contributed by atoms with Crippen LogP contribution in [-0.2, 0) is 14.8 Å². The minimum atomic E-state index is -1.40. The number of hydrogen-bond donors (Lipinski definition) is 1. The summed E-state index contributed by atoms with van der Waals surface area (Å²) in [4.78, 5) is 12.0. The Hall–Kier alpha value is -1.59. The maximum Gasteiger partial charge on any atom is 0.412 e. The van der Waals surface area contributed by atoms with Gasteiger partial charge in [-0.1, -0.05) is 4.57 Å². The standard InChI is InChI=1S/C8H9N5O2P/c1-15-8(2-16(8)14)13-4-12-5-6(9)10-3-11-7(5)13/h3-4H,2H2,1H3,(H2,9,10,11)/q+1. The molecule has 8 heteroatoms. The molecule has 0 amide bonds. The van der Waals surface area contributed by atoms with Crippen LogP contribution in [0.3, 0.4) is 0 Å². The molecule has 16 heavy (non-hydrogen) atoms. The molecular weight excluding hydrogens is 229 g/mol. The van der Waals surface area contributed by atoms with Gasteiger partial charge in [0.25, 0.3) is 0 Å². The van der Waals surface area contributed by atoms with Gasteiger partial charge >= 0.3 is 13.3 Å². The number of hydrogen-bond acceptors (Lipinski definition) is 6. The van der Waals surface area contributed by atoms with Gasteiger partial charge in [0.05, 0.1) is 0 Å². The third-order valence-electron chi connectivity index (χ3n) is 2.70. The molecule has 1 fully saturated rings. The molecule has 2 unspecified atom stereocenters. The fraction of sp³-hybridized carbons (Fsp3) is 0.375. The first-order valence-electron chi connectivity index (χ1n) is 4.63. The molecule has 0 saturated carbocycles. The second kappa shape index (κ2) is 2.96. The number of anilines is 1. The zero-order chi connectivity index (χ0) is 11.3. The van der Waals surface area contributed by atoms with Gasteiger partial charge < -0.3 is 10.5 Å². The Labute approximate surface area is 91.4 Å². The van der Waals surface area contributed by atoms with E-state index in [9.17, 15) is 4.57 Å². The average Bonchev–Trinajstić information content (AvgIpc) is 2.75. The van der Waals surface area contributed by atoms with Gasteiger partial charge in [-0.2, -0.15) is 0 Å². The molecule has 2 aromatic rings. The van der Waals surface area contributed by atoms with E-state index in [2.05, 4.69) is 15.0 Å². The van der Waals surface area contributed by atoms with Crippen molar-refractivity contribution in [2.75, 3.05) is 19.0 Å². The third kappa shape index (κ3) is 1.04. The van der Waals surface area contributed by atoms with Crippen LogP contribution >= 0.6 is 7.80 Å². The van der Waals surface area contributed by atoms with Crippen LogP contribution in [-0.4, -0.2) is 32.8 Å². The Balaban J connectivity index is 2.26. The molecule has 1 aliphatic rings. The summed E-state index contributed by atoms with van der Waals surface area (Å²) in [6.45, 7) is 0. The van der Waals surface area contributed by atoms with E-state index in [1.54, 1.807) is 10.9 Å². The number of aromatic nitrogens is 4. The predicted octanol–water partition coefficient (Wildman–Crippen LogP) is 0.506. The molecule has 3 rings (SSSR count). The Morgan fingerprint density at radius 1 is 1.56 bits per heavy atom. The fourth-order valence-corrected chi connectivity index (χ4v) is 3.07. The van der Waals surface area contributed by atoms with Crippen LogP contribution in [0.2, 0.25) is 0 Å². The first-order valence-corrected chi connectivity index (χ1v) is 6.07. The molecule has 0 bridgehead atoms. The molecule has 2 N–H and O–H groups in total. The van der Waals surface area contributed by atoms with E-state index in [1.807, 2.05) is 0 Å². The van der Waals surface area contributed by atoms with Crippen LogP contribution in [0.25, 0.3) is 11.2 Å². The lowest BCUT2D eigenvalue weighted by Gasteiger charge is -2.05. The highest BCUT2D eigenvalue weighted by Crippen LogP contribution is 2.63. The highest BCUT2D eigenvalue weighted by Gasteiger charge is 2.74. The molecular formula is C8H9N5O2P+. The highest BCUT2D eigenvalue weighted by atomic mass is 31.1. The summed E-state index contributed by atoms with van der Waals surface area (Å²) >= 11 is 0. The number of nitrogens with two attached hydrogens (primary N) is 1. The van der Waals surface area contributed by atoms with Crippen LogP contribution in [0.1, 0.15) is 0 Å². The zero-order valence-corrected chi connectivity index (χ0v) is 9.39. The second-order valence-electron chi connectivity index (χ2n) is 3.53. The van der Waals surface area contributed by atoms with Crippen molar-refractivity contribution >= 4 is 24.8 Å². The molecule has 0 spiro atoms. The van der Waals surface area contributed by atoms with E-state index in [-0.39, 0.29) is 0 Å². The van der Waals surface area contributed by atoms with Crippen LogP contribution in [0.15, 0.2) is 12.7 Å². The van der Waals surface area contributed by atoms with Crippen LogP contribution < -0.4 is 5.73 Å². The van der Waals surface area contributed by atoms with Crippen LogP contribution in [0.4, 0.5) is 5.82 Å². The van der Waals surface area contributed by atoms with Crippen LogP contribution in [0, 0.1) is 0 Å². The Morgan fingerprint density at radius 3 is 2.94 bits per heavy atom. The van der Waals surface area contributed by atoms with Gasteiger partial charge in [0.15, 0.2) is 11.5 Å². The summed E-state index contributed by atoms with van der Waals surface area (Å²) in [5, 5.41) is 0. The number of rotatable bonds is 2. The largest absolute Gasteiger partial charge is 0.412 e. The van der Waals surface area contributed by atoms with Crippen molar-refractivity contribution in [3.05, 3.63) is 12.7 Å². The first-order chi connectivity index (χ1) is 7.69. The molecule has 7 nitrogen and oxygen atoms in total. The summed E-state index contributed by atoms with van der Waals surface area (Å²) in [5.74, 6) is 0.311. The van der Waals surface area contributed by atoms with Gasteiger partial charge in [-0.25, -0.2) is 19.5 Å². The SMILES string of the molecule is COC1(n2cnc3c(N)ncnc32)C[P+]1=O. The highest BCUT2D eigenvalue weighted by molar-refractivity contribution is 7.54. The van der Waals surface area contributed by atoms with Gasteiger partial charge in [-0.05, 0) is 0 Å². The summed E-state index contributed by atoms with van der Waals surface area (Å²) in [6, 6.07) is 0. The topological polar surface area (TPSA) is 95.9 Å². The number of imidazole rings is 1. The van der Waals surface area contributed by atoms with Gasteiger partial charge in [0, 0.05) is 7.11 Å². The number of nitrogen functional groups attached to an aromatic ring is 1. The van der Waals surface area contributed by atoms with E-state index in [0.29, 0.717) is 23.1 Å². The number of fused-ring (bicyclic) bond motifs is 1. The second-order valence-corrected chi connectivity index (χ2v) is 5.30. The molecule has 2 aromatic heterocycles. The zero-order valence-electron chi connectivity index (χ0n) is 8.49. The molecule has 82 valence electrons. The summed E-state index contributed by atoms with van der Waals surface area (Å²) in [7, 11) is 0.122. The molecule has 0 aliphatic carbocycles. The van der Waals surface area contributed by atoms with Crippen molar-refractivity contribution < 1.29 is 9.30 Å². The van der Waals surface area contributed by atoms with Crippen molar-refractivity contribution in [3.63, 3.8) is 0 Å². The van der Waals surface area contributed by atoms with E-state index >= 15 is 0 Å². The minimum Gasteiger partial charge on any atom is -0.382 e. The van der Waals surface area contributed by atoms with Gasteiger partial charge in [-0.15, -0.1) is 0 Å². The first kappa shape index (κ1) is 9.62. The Bertz CT molecular complexity index is 597. The van der Waals surface area contributed by atoms with E-state index in [4.69, 9.17) is 10.5 Å². The van der Waals surface area contributed by atoms with Gasteiger partial charge in [-0.3, -0.25) is 0 Å². The minimum absolute atomic E-state index is 0.311. The van der Waals surface area contributed by atoms with Crippen molar-refractivity contribution in [1.82, 2.24) is 19.5 Å². The van der Waals surface area contributed by atoms with E-state index in [0.717, 1.165) is 0 Å². The molecule has 2 atom stereocenters. The van der Waals surface area contributed by atoms with Crippen LogP contribution in [0.5, 0.6) is 0 Å². The molecule has 1 aliphatic heterocycles. The van der Waals surface area contributed by atoms with Crippen molar-refractivity contribution in [2.45, 2.75) is 5.47 Å². The number of methoxy groups -OCH3 is 1. The summed E-state index contributed by atoms with van der Waals surface area (Å²) < 4.78 is 18.5.